The van der Waals surface area contributed by atoms with Crippen LogP contribution in [0.4, 0.5) is 10.1 Å². The monoisotopic (exact) mass is 268 g/mol. The Balaban J connectivity index is 2.87. The van der Waals surface area contributed by atoms with Crippen molar-refractivity contribution in [1.29, 1.82) is 0 Å². The van der Waals surface area contributed by atoms with Gasteiger partial charge in [-0.15, -0.1) is 0 Å². The number of hydrogen-bond donors (Lipinski definition) is 1. The molecule has 2 rings (SSSR count). The smallest absolute Gasteiger partial charge is 0.341 e. The van der Waals surface area contributed by atoms with E-state index in [9.17, 15) is 9.18 Å². The summed E-state index contributed by atoms with van der Waals surface area (Å²) >= 11 is 6.03. The number of rotatable bonds is 2. The van der Waals surface area contributed by atoms with Gasteiger partial charge in [0.2, 0.25) is 0 Å². The Bertz CT molecular complexity index is 631. The van der Waals surface area contributed by atoms with E-state index in [1.807, 2.05) is 0 Å². The van der Waals surface area contributed by atoms with Gasteiger partial charge in [-0.3, -0.25) is 4.98 Å². The highest BCUT2D eigenvalue weighted by Crippen LogP contribution is 2.33. The molecular weight excluding hydrogens is 259 g/mol. The van der Waals surface area contributed by atoms with Crippen LogP contribution in [0.3, 0.4) is 0 Å². The van der Waals surface area contributed by atoms with E-state index in [1.54, 1.807) is 7.05 Å². The van der Waals surface area contributed by atoms with Gasteiger partial charge < -0.3 is 10.1 Å². The highest BCUT2D eigenvalue weighted by molar-refractivity contribution is 6.36. The van der Waals surface area contributed by atoms with Crippen molar-refractivity contribution in [2.45, 2.75) is 0 Å². The van der Waals surface area contributed by atoms with Crippen LogP contribution < -0.4 is 5.32 Å². The van der Waals surface area contributed by atoms with Crippen LogP contribution in [0.1, 0.15) is 10.4 Å². The number of pyridine rings is 1. The summed E-state index contributed by atoms with van der Waals surface area (Å²) in [5, 5.41) is 3.51. The maximum Gasteiger partial charge on any atom is 0.341 e. The summed E-state index contributed by atoms with van der Waals surface area (Å²) in [5.41, 5.74) is 0.718. The van der Waals surface area contributed by atoms with E-state index >= 15 is 0 Å². The van der Waals surface area contributed by atoms with Gasteiger partial charge in [0.1, 0.15) is 16.9 Å². The summed E-state index contributed by atoms with van der Waals surface area (Å²) < 4.78 is 18.3. The number of esters is 1. The Morgan fingerprint density at radius 3 is 2.83 bits per heavy atom. The number of aromatic nitrogens is 1. The van der Waals surface area contributed by atoms with Crippen LogP contribution in [-0.4, -0.2) is 25.1 Å². The number of hydrogen-bond acceptors (Lipinski definition) is 4. The number of halogens is 2. The first-order chi connectivity index (χ1) is 8.60. The average molecular weight is 269 g/mol. The molecule has 0 amide bonds. The van der Waals surface area contributed by atoms with Gasteiger partial charge in [0.15, 0.2) is 0 Å². The van der Waals surface area contributed by atoms with Crippen molar-refractivity contribution in [2.24, 2.45) is 0 Å². The fraction of sp³-hybridized carbons (Fsp3) is 0.167. The molecule has 4 nitrogen and oxygen atoms in total. The SMILES string of the molecule is CNc1c(C(=O)OC)cnc2c(F)ccc(Cl)c12. The lowest BCUT2D eigenvalue weighted by Crippen LogP contribution is -2.07. The van der Waals surface area contributed by atoms with Crippen molar-refractivity contribution >= 4 is 34.2 Å². The summed E-state index contributed by atoms with van der Waals surface area (Å²) in [5.74, 6) is -1.06. The van der Waals surface area contributed by atoms with E-state index in [2.05, 4.69) is 15.0 Å². The number of nitrogens with one attached hydrogen (secondary N) is 1. The first kappa shape index (κ1) is 12.6. The molecular formula is C12H10ClFN2O2. The third-order valence-corrected chi connectivity index (χ3v) is 2.89. The molecule has 1 aromatic heterocycles. The number of ether oxygens (including phenoxy) is 1. The minimum Gasteiger partial charge on any atom is -0.465 e. The molecule has 0 aliphatic carbocycles. The molecule has 0 atom stereocenters. The number of fused-ring (bicyclic) bond motifs is 1. The van der Waals surface area contributed by atoms with Crippen LogP contribution in [0.5, 0.6) is 0 Å². The zero-order valence-corrected chi connectivity index (χ0v) is 10.5. The van der Waals surface area contributed by atoms with Crippen molar-refractivity contribution in [3.05, 3.63) is 34.7 Å². The van der Waals surface area contributed by atoms with Crippen molar-refractivity contribution in [2.75, 3.05) is 19.5 Å². The minimum atomic E-state index is -0.561. The van der Waals surface area contributed by atoms with Crippen molar-refractivity contribution in [1.82, 2.24) is 4.98 Å². The van der Waals surface area contributed by atoms with Gasteiger partial charge in [-0.2, -0.15) is 0 Å². The first-order valence-electron chi connectivity index (χ1n) is 5.13. The van der Waals surface area contributed by atoms with Crippen molar-refractivity contribution < 1.29 is 13.9 Å². The normalized spacial score (nSPS) is 10.4. The van der Waals surface area contributed by atoms with Crippen LogP contribution in [0, 0.1) is 5.82 Å². The van der Waals surface area contributed by atoms with E-state index in [0.717, 1.165) is 0 Å². The van der Waals surface area contributed by atoms with Gasteiger partial charge in [-0.25, -0.2) is 9.18 Å². The van der Waals surface area contributed by atoms with Crippen molar-refractivity contribution in [3.8, 4) is 0 Å². The summed E-state index contributed by atoms with van der Waals surface area (Å²) in [6.45, 7) is 0. The Hall–Kier alpha value is -1.88. The number of nitrogens with zero attached hydrogens (tertiary/aromatic N) is 1. The second-order valence-corrected chi connectivity index (χ2v) is 3.95. The molecule has 0 bridgehead atoms. The highest BCUT2D eigenvalue weighted by Gasteiger charge is 2.18. The van der Waals surface area contributed by atoms with Crippen LogP contribution in [-0.2, 0) is 4.74 Å². The lowest BCUT2D eigenvalue weighted by Gasteiger charge is -2.11. The van der Waals surface area contributed by atoms with Gasteiger partial charge in [0.05, 0.1) is 17.8 Å². The Kier molecular flexibility index (Phi) is 3.34. The standard InChI is InChI=1S/C12H10ClFN2O2/c1-15-10-6(12(17)18-2)5-16-11-8(14)4-3-7(13)9(10)11/h3-5H,1-2H3,(H,15,16). The maximum absolute atomic E-state index is 13.6. The fourth-order valence-corrected chi connectivity index (χ4v) is 2.00. The van der Waals surface area contributed by atoms with Crippen LogP contribution in [0.2, 0.25) is 5.02 Å². The second-order valence-electron chi connectivity index (χ2n) is 3.54. The zero-order valence-electron chi connectivity index (χ0n) is 9.75. The van der Waals surface area contributed by atoms with E-state index < -0.39 is 11.8 Å². The van der Waals surface area contributed by atoms with E-state index in [1.165, 1.54) is 25.4 Å². The lowest BCUT2D eigenvalue weighted by atomic mass is 10.1. The number of carbonyl (C=O) groups excluding carboxylic acids is 1. The molecule has 0 radical (unpaired) electrons. The summed E-state index contributed by atoms with van der Waals surface area (Å²) in [6, 6.07) is 2.65. The van der Waals surface area contributed by atoms with Crippen LogP contribution in [0.15, 0.2) is 18.3 Å². The summed E-state index contributed by atoms with van der Waals surface area (Å²) in [4.78, 5) is 15.5. The molecule has 18 heavy (non-hydrogen) atoms. The number of methoxy groups -OCH3 is 1. The Morgan fingerprint density at radius 2 is 2.22 bits per heavy atom. The number of anilines is 1. The molecule has 0 spiro atoms. The van der Waals surface area contributed by atoms with Crippen molar-refractivity contribution in [3.63, 3.8) is 0 Å². The molecule has 1 heterocycles. The first-order valence-corrected chi connectivity index (χ1v) is 5.50. The highest BCUT2D eigenvalue weighted by atomic mass is 35.5. The molecule has 6 heteroatoms. The van der Waals surface area contributed by atoms with Crippen LogP contribution >= 0.6 is 11.6 Å². The predicted octanol–water partition coefficient (Wildman–Crippen LogP) is 2.86. The van der Waals surface area contributed by atoms with E-state index in [0.29, 0.717) is 16.1 Å². The molecule has 0 aliphatic heterocycles. The van der Waals surface area contributed by atoms with Gasteiger partial charge in [-0.1, -0.05) is 11.6 Å². The molecule has 0 saturated carbocycles. The molecule has 0 aliphatic rings. The molecule has 0 fully saturated rings. The van der Waals surface area contributed by atoms with Crippen LogP contribution in [0.25, 0.3) is 10.9 Å². The van der Waals surface area contributed by atoms with Gasteiger partial charge in [0, 0.05) is 18.6 Å². The number of benzene rings is 1. The third-order valence-electron chi connectivity index (χ3n) is 2.58. The molecule has 2 aromatic rings. The van der Waals surface area contributed by atoms with E-state index in [4.69, 9.17) is 11.6 Å². The Labute approximate surface area is 108 Å². The zero-order chi connectivity index (χ0) is 13.3. The van der Waals surface area contributed by atoms with E-state index in [-0.39, 0.29) is 11.1 Å². The minimum absolute atomic E-state index is 0.111. The fourth-order valence-electron chi connectivity index (χ4n) is 1.76. The average Bonchev–Trinajstić information content (AvgIpc) is 2.40. The number of carbonyl (C=O) groups is 1. The molecule has 1 N–H and O–H groups in total. The van der Waals surface area contributed by atoms with Gasteiger partial charge >= 0.3 is 5.97 Å². The molecule has 0 saturated heterocycles. The second kappa shape index (κ2) is 4.78. The molecule has 94 valence electrons. The molecule has 0 unspecified atom stereocenters. The predicted molar refractivity (Wildman–Crippen MR) is 67.6 cm³/mol. The quantitative estimate of drug-likeness (QED) is 0.851. The van der Waals surface area contributed by atoms with Gasteiger partial charge in [-0.05, 0) is 12.1 Å². The summed E-state index contributed by atoms with van der Waals surface area (Å²) in [7, 11) is 2.88. The largest absolute Gasteiger partial charge is 0.465 e. The maximum atomic E-state index is 13.6. The third kappa shape index (κ3) is 1.86. The lowest BCUT2D eigenvalue weighted by molar-refractivity contribution is 0.0601. The van der Waals surface area contributed by atoms with Gasteiger partial charge in [0.25, 0.3) is 0 Å². The Morgan fingerprint density at radius 1 is 1.50 bits per heavy atom. The molecule has 1 aromatic carbocycles. The topological polar surface area (TPSA) is 51.2 Å². The summed E-state index contributed by atoms with van der Waals surface area (Å²) in [6.07, 6.45) is 1.26.